The van der Waals surface area contributed by atoms with Gasteiger partial charge in [-0.15, -0.1) is 0 Å². The van der Waals surface area contributed by atoms with E-state index in [1.807, 2.05) is 0 Å². The van der Waals surface area contributed by atoms with Crippen LogP contribution >= 0.6 is 0 Å². The van der Waals surface area contributed by atoms with E-state index in [0.717, 1.165) is 0 Å². The molecule has 1 aromatic rings. The second kappa shape index (κ2) is 10.9. The molecule has 1 aliphatic rings. The average Bonchev–Trinajstić information content (AvgIpc) is 3.22. The van der Waals surface area contributed by atoms with Crippen molar-refractivity contribution in [3.63, 3.8) is 0 Å². The van der Waals surface area contributed by atoms with E-state index in [1.165, 1.54) is 30.9 Å². The van der Waals surface area contributed by atoms with Gasteiger partial charge in [0.15, 0.2) is 0 Å². The first kappa shape index (κ1) is 25.1. The first-order valence-electron chi connectivity index (χ1n) is 10.4. The van der Waals surface area contributed by atoms with E-state index in [4.69, 9.17) is 5.73 Å². The topological polar surface area (TPSA) is 182 Å². The van der Waals surface area contributed by atoms with E-state index in [2.05, 4.69) is 10.6 Å². The van der Waals surface area contributed by atoms with E-state index < -0.39 is 54.0 Å². The molecule has 0 bridgehead atoms. The number of nitrogens with zero attached hydrogens (tertiary/aromatic N) is 1. The normalized spacial score (nSPS) is 19.5. The number of amides is 3. The number of rotatable bonds is 9. The number of phenolic OH excluding ortho intramolecular Hbond substituents is 1. The third kappa shape index (κ3) is 6.41. The quantitative estimate of drug-likeness (QED) is 0.268. The molecular weight excluding hydrogens is 420 g/mol. The molecule has 5 unspecified atom stereocenters. The van der Waals surface area contributed by atoms with Gasteiger partial charge in [-0.05, 0) is 44.4 Å². The van der Waals surface area contributed by atoms with Crippen molar-refractivity contribution in [3.05, 3.63) is 29.8 Å². The van der Waals surface area contributed by atoms with Crippen LogP contribution in [0, 0.1) is 0 Å². The number of carboxylic acids is 1. The molecule has 0 saturated carbocycles. The molecule has 5 atom stereocenters. The Hall–Kier alpha value is -3.18. The molecule has 32 heavy (non-hydrogen) atoms. The molecule has 1 aliphatic heterocycles. The number of aliphatic hydroxyl groups is 1. The van der Waals surface area contributed by atoms with E-state index in [0.29, 0.717) is 18.4 Å². The molecule has 1 aromatic carbocycles. The van der Waals surface area contributed by atoms with Crippen molar-refractivity contribution in [1.29, 1.82) is 0 Å². The summed E-state index contributed by atoms with van der Waals surface area (Å²) < 4.78 is 0. The van der Waals surface area contributed by atoms with Gasteiger partial charge in [-0.2, -0.15) is 0 Å². The maximum Gasteiger partial charge on any atom is 0.326 e. The molecule has 3 amide bonds. The molecule has 7 N–H and O–H groups in total. The van der Waals surface area contributed by atoms with Crippen molar-refractivity contribution in [2.75, 3.05) is 6.54 Å². The maximum absolute atomic E-state index is 13.2. The SMILES string of the molecule is CC(N)C(=O)NC(C(=O)NC(Cc1ccc(O)cc1)C(=O)N1CCCC1C(=O)O)C(C)O. The highest BCUT2D eigenvalue weighted by Gasteiger charge is 2.38. The van der Waals surface area contributed by atoms with Crippen molar-refractivity contribution in [1.82, 2.24) is 15.5 Å². The number of likely N-dealkylation sites (tertiary alicyclic amines) is 1. The Bertz CT molecular complexity index is 841. The number of nitrogens with two attached hydrogens (primary N) is 1. The summed E-state index contributed by atoms with van der Waals surface area (Å²) in [4.78, 5) is 50.8. The van der Waals surface area contributed by atoms with Crippen LogP contribution in [0.25, 0.3) is 0 Å². The van der Waals surface area contributed by atoms with Crippen LogP contribution in [0.4, 0.5) is 0 Å². The molecule has 0 aliphatic carbocycles. The van der Waals surface area contributed by atoms with Crippen molar-refractivity contribution in [2.24, 2.45) is 5.73 Å². The second-order valence-corrected chi connectivity index (χ2v) is 7.98. The number of aliphatic carboxylic acids is 1. The van der Waals surface area contributed by atoms with Gasteiger partial charge in [0.2, 0.25) is 17.7 Å². The van der Waals surface area contributed by atoms with Crippen LogP contribution in [-0.2, 0) is 25.6 Å². The van der Waals surface area contributed by atoms with Crippen molar-refractivity contribution >= 4 is 23.7 Å². The predicted octanol–water partition coefficient (Wildman–Crippen LogP) is -1.29. The number of hydrogen-bond acceptors (Lipinski definition) is 7. The monoisotopic (exact) mass is 450 g/mol. The van der Waals surface area contributed by atoms with Crippen LogP contribution in [0.1, 0.15) is 32.3 Å². The lowest BCUT2D eigenvalue weighted by Crippen LogP contribution is -2.60. The van der Waals surface area contributed by atoms with Gasteiger partial charge in [0.1, 0.15) is 23.9 Å². The molecule has 1 saturated heterocycles. The summed E-state index contributed by atoms with van der Waals surface area (Å²) in [5.41, 5.74) is 6.12. The van der Waals surface area contributed by atoms with Crippen LogP contribution in [0.2, 0.25) is 0 Å². The summed E-state index contributed by atoms with van der Waals surface area (Å²) in [5, 5.41) is 33.8. The standard InChI is InChI=1S/C21H30N4O7/c1-11(22)18(28)24-17(12(2)26)19(29)23-15(10-13-5-7-14(27)8-6-13)20(30)25-9-3-4-16(25)21(31)32/h5-8,11-12,15-17,26-27H,3-4,9-10,22H2,1-2H3,(H,23,29)(H,24,28)(H,31,32). The largest absolute Gasteiger partial charge is 0.508 e. The highest BCUT2D eigenvalue weighted by atomic mass is 16.4. The maximum atomic E-state index is 13.2. The molecular formula is C21H30N4O7. The number of benzene rings is 1. The molecule has 1 heterocycles. The molecule has 2 rings (SSSR count). The summed E-state index contributed by atoms with van der Waals surface area (Å²) in [6.07, 6.45) is -0.437. The number of phenols is 1. The van der Waals surface area contributed by atoms with Gasteiger partial charge < -0.3 is 36.6 Å². The summed E-state index contributed by atoms with van der Waals surface area (Å²) in [5.74, 6) is -3.15. The average molecular weight is 450 g/mol. The third-order valence-corrected chi connectivity index (χ3v) is 5.29. The van der Waals surface area contributed by atoms with E-state index in [9.17, 15) is 34.5 Å². The molecule has 11 nitrogen and oxygen atoms in total. The lowest BCUT2D eigenvalue weighted by Gasteiger charge is -2.29. The van der Waals surface area contributed by atoms with Gasteiger partial charge in [0.05, 0.1) is 12.1 Å². The van der Waals surface area contributed by atoms with Gasteiger partial charge >= 0.3 is 5.97 Å². The highest BCUT2D eigenvalue weighted by Crippen LogP contribution is 2.20. The Kier molecular flexibility index (Phi) is 8.56. The third-order valence-electron chi connectivity index (χ3n) is 5.29. The molecule has 1 fully saturated rings. The van der Waals surface area contributed by atoms with Crippen LogP contribution in [0.3, 0.4) is 0 Å². The van der Waals surface area contributed by atoms with Crippen LogP contribution in [0.5, 0.6) is 5.75 Å². The molecule has 0 spiro atoms. The Morgan fingerprint density at radius 1 is 1.12 bits per heavy atom. The van der Waals surface area contributed by atoms with Gasteiger partial charge in [-0.25, -0.2) is 4.79 Å². The van der Waals surface area contributed by atoms with Crippen LogP contribution in [-0.4, -0.2) is 80.7 Å². The Morgan fingerprint density at radius 2 is 1.75 bits per heavy atom. The minimum Gasteiger partial charge on any atom is -0.508 e. The fourth-order valence-electron chi connectivity index (χ4n) is 3.51. The zero-order chi connectivity index (χ0) is 24.0. The smallest absolute Gasteiger partial charge is 0.326 e. The zero-order valence-electron chi connectivity index (χ0n) is 18.0. The number of aromatic hydroxyl groups is 1. The minimum atomic E-state index is -1.36. The van der Waals surface area contributed by atoms with Crippen molar-refractivity contribution in [2.45, 2.75) is 63.4 Å². The van der Waals surface area contributed by atoms with Gasteiger partial charge in [-0.3, -0.25) is 14.4 Å². The summed E-state index contributed by atoms with van der Waals surface area (Å²) in [6, 6.07) is 1.57. The number of carbonyl (C=O) groups is 4. The van der Waals surface area contributed by atoms with Crippen molar-refractivity contribution < 1.29 is 34.5 Å². The fraction of sp³-hybridized carbons (Fsp3) is 0.524. The highest BCUT2D eigenvalue weighted by molar-refractivity contribution is 5.94. The van der Waals surface area contributed by atoms with Crippen molar-refractivity contribution in [3.8, 4) is 5.75 Å². The predicted molar refractivity (Wildman–Crippen MR) is 113 cm³/mol. The van der Waals surface area contributed by atoms with Gasteiger partial charge in [0, 0.05) is 13.0 Å². The van der Waals surface area contributed by atoms with Crippen LogP contribution < -0.4 is 16.4 Å². The number of aliphatic hydroxyl groups excluding tert-OH is 1. The molecule has 176 valence electrons. The number of hydrogen-bond donors (Lipinski definition) is 6. The summed E-state index contributed by atoms with van der Waals surface area (Å²) in [6.45, 7) is 2.96. The first-order valence-corrected chi connectivity index (χ1v) is 10.4. The lowest BCUT2D eigenvalue weighted by molar-refractivity contribution is -0.149. The van der Waals surface area contributed by atoms with Gasteiger partial charge in [0.25, 0.3) is 0 Å². The second-order valence-electron chi connectivity index (χ2n) is 7.98. The Labute approximate surface area is 185 Å². The van der Waals surface area contributed by atoms with E-state index in [-0.39, 0.29) is 18.7 Å². The summed E-state index contributed by atoms with van der Waals surface area (Å²) >= 11 is 0. The Balaban J connectivity index is 2.27. The minimum absolute atomic E-state index is 0.0153. The van der Waals surface area contributed by atoms with Crippen LogP contribution in [0.15, 0.2) is 24.3 Å². The first-order chi connectivity index (χ1) is 15.0. The number of nitrogens with one attached hydrogen (secondary N) is 2. The number of carboxylic acid groups (broad SMARTS) is 1. The molecule has 0 aromatic heterocycles. The summed E-state index contributed by atoms with van der Waals surface area (Å²) in [7, 11) is 0. The van der Waals surface area contributed by atoms with E-state index in [1.54, 1.807) is 12.1 Å². The zero-order valence-corrected chi connectivity index (χ0v) is 18.0. The Morgan fingerprint density at radius 3 is 2.28 bits per heavy atom. The number of carbonyl (C=O) groups excluding carboxylic acids is 3. The lowest BCUT2D eigenvalue weighted by atomic mass is 10.0. The van der Waals surface area contributed by atoms with Gasteiger partial charge in [-0.1, -0.05) is 12.1 Å². The fourth-order valence-corrected chi connectivity index (χ4v) is 3.51. The molecule has 11 heteroatoms. The van der Waals surface area contributed by atoms with E-state index >= 15 is 0 Å². The molecule has 0 radical (unpaired) electrons.